The van der Waals surface area contributed by atoms with Gasteiger partial charge >= 0.3 is 11.9 Å². The standard InChI is InChI=1S/C22H42O4/c1-5-25-20(23)18-16-14-12-10-8-7-9-11-13-15-17-19-22(3,4)21(24)26-6-2/h5-19H2,1-4H3. The summed E-state index contributed by atoms with van der Waals surface area (Å²) in [6, 6.07) is 0. The van der Waals surface area contributed by atoms with E-state index >= 15 is 0 Å². The number of rotatable bonds is 17. The van der Waals surface area contributed by atoms with Gasteiger partial charge in [-0.15, -0.1) is 0 Å². The predicted octanol–water partition coefficient (Wildman–Crippen LogP) is 6.21. The fourth-order valence-electron chi connectivity index (χ4n) is 3.09. The Morgan fingerprint density at radius 2 is 1.08 bits per heavy atom. The molecule has 0 fully saturated rings. The zero-order chi connectivity index (χ0) is 19.7. The minimum atomic E-state index is -0.344. The number of carbonyl (C=O) groups is 2. The Morgan fingerprint density at radius 3 is 1.54 bits per heavy atom. The fourth-order valence-corrected chi connectivity index (χ4v) is 3.09. The van der Waals surface area contributed by atoms with Crippen molar-refractivity contribution in [3.8, 4) is 0 Å². The third-order valence-corrected chi connectivity index (χ3v) is 4.82. The Hall–Kier alpha value is -1.06. The van der Waals surface area contributed by atoms with Crippen LogP contribution in [0.2, 0.25) is 0 Å². The van der Waals surface area contributed by atoms with E-state index in [0.717, 1.165) is 25.7 Å². The predicted molar refractivity (Wildman–Crippen MR) is 107 cm³/mol. The number of ether oxygens (including phenoxy) is 2. The fraction of sp³-hybridized carbons (Fsp3) is 0.909. The molecule has 0 amide bonds. The molecule has 0 saturated heterocycles. The normalized spacial score (nSPS) is 11.4. The van der Waals surface area contributed by atoms with Crippen LogP contribution in [0.25, 0.3) is 0 Å². The lowest BCUT2D eigenvalue weighted by Gasteiger charge is -2.21. The Balaban J connectivity index is 3.34. The van der Waals surface area contributed by atoms with E-state index in [4.69, 9.17) is 9.47 Å². The lowest BCUT2D eigenvalue weighted by molar-refractivity contribution is -0.153. The summed E-state index contributed by atoms with van der Waals surface area (Å²) >= 11 is 0. The van der Waals surface area contributed by atoms with Gasteiger partial charge in [0.05, 0.1) is 18.6 Å². The molecule has 0 aliphatic rings. The second kappa shape index (κ2) is 16.1. The molecular formula is C22H42O4. The molecule has 0 aromatic heterocycles. The highest BCUT2D eigenvalue weighted by molar-refractivity contribution is 5.75. The molecule has 0 spiro atoms. The first-order chi connectivity index (χ1) is 12.4. The third-order valence-electron chi connectivity index (χ3n) is 4.82. The zero-order valence-electron chi connectivity index (χ0n) is 17.7. The van der Waals surface area contributed by atoms with Crippen molar-refractivity contribution >= 4 is 11.9 Å². The van der Waals surface area contributed by atoms with Crippen LogP contribution in [0.1, 0.15) is 111 Å². The quantitative estimate of drug-likeness (QED) is 0.226. The van der Waals surface area contributed by atoms with Gasteiger partial charge in [-0.1, -0.05) is 64.2 Å². The molecule has 0 radical (unpaired) electrons. The van der Waals surface area contributed by atoms with E-state index in [1.807, 2.05) is 27.7 Å². The van der Waals surface area contributed by atoms with Crippen LogP contribution in [-0.4, -0.2) is 25.2 Å². The van der Waals surface area contributed by atoms with Crippen LogP contribution in [0.5, 0.6) is 0 Å². The maximum Gasteiger partial charge on any atom is 0.311 e. The van der Waals surface area contributed by atoms with Crippen LogP contribution in [0, 0.1) is 5.41 Å². The maximum atomic E-state index is 11.8. The van der Waals surface area contributed by atoms with E-state index in [1.54, 1.807) is 0 Å². The molecule has 0 rings (SSSR count). The lowest BCUT2D eigenvalue weighted by atomic mass is 9.87. The molecule has 0 bridgehead atoms. The molecule has 0 unspecified atom stereocenters. The zero-order valence-corrected chi connectivity index (χ0v) is 17.7. The summed E-state index contributed by atoms with van der Waals surface area (Å²) < 4.78 is 10.0. The average Bonchev–Trinajstić information content (AvgIpc) is 2.59. The van der Waals surface area contributed by atoms with Crippen molar-refractivity contribution in [2.24, 2.45) is 5.41 Å². The first-order valence-corrected chi connectivity index (χ1v) is 10.8. The first-order valence-electron chi connectivity index (χ1n) is 10.8. The summed E-state index contributed by atoms with van der Waals surface area (Å²) in [6.07, 6.45) is 14.9. The largest absolute Gasteiger partial charge is 0.466 e. The smallest absolute Gasteiger partial charge is 0.311 e. The number of carbonyl (C=O) groups excluding carboxylic acids is 2. The molecule has 0 aliphatic heterocycles. The Morgan fingerprint density at radius 1 is 0.654 bits per heavy atom. The Labute approximate surface area is 161 Å². The topological polar surface area (TPSA) is 52.6 Å². The highest BCUT2D eigenvalue weighted by Crippen LogP contribution is 2.25. The van der Waals surface area contributed by atoms with E-state index in [0.29, 0.717) is 19.6 Å². The molecule has 0 atom stereocenters. The van der Waals surface area contributed by atoms with E-state index in [1.165, 1.54) is 51.4 Å². The summed E-state index contributed by atoms with van der Waals surface area (Å²) in [5, 5.41) is 0. The molecule has 4 heteroatoms. The van der Waals surface area contributed by atoms with E-state index < -0.39 is 0 Å². The van der Waals surface area contributed by atoms with Gasteiger partial charge < -0.3 is 9.47 Å². The number of esters is 2. The van der Waals surface area contributed by atoms with Gasteiger partial charge in [-0.3, -0.25) is 9.59 Å². The molecule has 0 heterocycles. The summed E-state index contributed by atoms with van der Waals surface area (Å²) in [6.45, 7) is 8.63. The molecular weight excluding hydrogens is 328 g/mol. The lowest BCUT2D eigenvalue weighted by Crippen LogP contribution is -2.26. The van der Waals surface area contributed by atoms with Crippen LogP contribution in [0.4, 0.5) is 0 Å². The average molecular weight is 371 g/mol. The molecule has 4 nitrogen and oxygen atoms in total. The van der Waals surface area contributed by atoms with Crippen molar-refractivity contribution in [2.45, 2.75) is 111 Å². The van der Waals surface area contributed by atoms with Crippen LogP contribution < -0.4 is 0 Å². The molecule has 0 saturated carbocycles. The maximum absolute atomic E-state index is 11.8. The van der Waals surface area contributed by atoms with Crippen molar-refractivity contribution in [2.75, 3.05) is 13.2 Å². The molecule has 0 N–H and O–H groups in total. The Bertz CT molecular complexity index is 363. The molecule has 0 aromatic carbocycles. The summed E-state index contributed by atoms with van der Waals surface area (Å²) in [4.78, 5) is 23.0. The van der Waals surface area contributed by atoms with Crippen molar-refractivity contribution in [1.29, 1.82) is 0 Å². The minimum Gasteiger partial charge on any atom is -0.466 e. The van der Waals surface area contributed by atoms with Crippen molar-refractivity contribution < 1.29 is 19.1 Å². The van der Waals surface area contributed by atoms with Crippen molar-refractivity contribution in [3.63, 3.8) is 0 Å². The van der Waals surface area contributed by atoms with Crippen LogP contribution in [0.3, 0.4) is 0 Å². The summed E-state index contributed by atoms with van der Waals surface area (Å²) in [5.41, 5.74) is -0.344. The highest BCUT2D eigenvalue weighted by atomic mass is 16.5. The van der Waals surface area contributed by atoms with Crippen molar-refractivity contribution in [1.82, 2.24) is 0 Å². The van der Waals surface area contributed by atoms with Gasteiger partial charge in [0.2, 0.25) is 0 Å². The Kier molecular flexibility index (Phi) is 15.5. The first kappa shape index (κ1) is 24.9. The van der Waals surface area contributed by atoms with E-state index in [9.17, 15) is 9.59 Å². The monoisotopic (exact) mass is 370 g/mol. The third kappa shape index (κ3) is 14.1. The minimum absolute atomic E-state index is 0.0573. The van der Waals surface area contributed by atoms with E-state index in [2.05, 4.69) is 0 Å². The van der Waals surface area contributed by atoms with Crippen LogP contribution in [0.15, 0.2) is 0 Å². The molecule has 0 aromatic rings. The van der Waals surface area contributed by atoms with Crippen LogP contribution in [-0.2, 0) is 19.1 Å². The van der Waals surface area contributed by atoms with Gasteiger partial charge in [0.1, 0.15) is 0 Å². The van der Waals surface area contributed by atoms with Gasteiger partial charge in [-0.05, 0) is 40.5 Å². The van der Waals surface area contributed by atoms with Crippen LogP contribution >= 0.6 is 0 Å². The number of hydrogen-bond donors (Lipinski definition) is 0. The summed E-state index contributed by atoms with van der Waals surface area (Å²) in [7, 11) is 0. The second-order valence-corrected chi connectivity index (χ2v) is 7.80. The molecule has 154 valence electrons. The van der Waals surface area contributed by atoms with E-state index in [-0.39, 0.29) is 17.4 Å². The van der Waals surface area contributed by atoms with Gasteiger partial charge in [-0.25, -0.2) is 0 Å². The molecule has 0 aliphatic carbocycles. The number of hydrogen-bond acceptors (Lipinski definition) is 4. The van der Waals surface area contributed by atoms with Gasteiger partial charge in [0.15, 0.2) is 0 Å². The highest BCUT2D eigenvalue weighted by Gasteiger charge is 2.28. The second-order valence-electron chi connectivity index (χ2n) is 7.80. The SMILES string of the molecule is CCOC(=O)CCCCCCCCCCCCCC(C)(C)C(=O)OCC. The van der Waals surface area contributed by atoms with Crippen molar-refractivity contribution in [3.05, 3.63) is 0 Å². The number of unbranched alkanes of at least 4 members (excludes halogenated alkanes) is 10. The van der Waals surface area contributed by atoms with Gasteiger partial charge in [0, 0.05) is 6.42 Å². The summed E-state index contributed by atoms with van der Waals surface area (Å²) in [5.74, 6) is -0.125. The van der Waals surface area contributed by atoms with Gasteiger partial charge in [0.25, 0.3) is 0 Å². The molecule has 26 heavy (non-hydrogen) atoms. The van der Waals surface area contributed by atoms with Gasteiger partial charge in [-0.2, -0.15) is 0 Å².